The average Bonchev–Trinajstić information content (AvgIpc) is 2.60. The Bertz CT molecular complexity index is 701. The number of aryl methyl sites for hydroxylation is 3. The molecule has 0 radical (unpaired) electrons. The zero-order chi connectivity index (χ0) is 18.8. The van der Waals surface area contributed by atoms with E-state index in [1.54, 1.807) is 0 Å². The molecule has 1 aromatic carbocycles. The van der Waals surface area contributed by atoms with Crippen molar-refractivity contribution in [2.75, 3.05) is 26.2 Å². The molecule has 1 aromatic rings. The van der Waals surface area contributed by atoms with Gasteiger partial charge >= 0.3 is 0 Å². The van der Waals surface area contributed by atoms with E-state index in [0.717, 1.165) is 60.6 Å². The van der Waals surface area contributed by atoms with Crippen molar-refractivity contribution in [2.24, 2.45) is 17.8 Å². The summed E-state index contributed by atoms with van der Waals surface area (Å²) in [5, 5.41) is 0. The third-order valence-electron chi connectivity index (χ3n) is 8.13. The van der Waals surface area contributed by atoms with Crippen molar-refractivity contribution in [3.05, 3.63) is 34.4 Å². The Morgan fingerprint density at radius 1 is 0.852 bits per heavy atom. The standard InChI is InChI=1S/C24H34N2O/c1-16-8-17(2)22(18(3)9-16)23(27)25-4-6-26(7-5-25)24-13-19-10-20(14-24)12-21(11-19)15-24/h8-9,19-21H,4-7,10-15H2,1-3H3. The first-order chi connectivity index (χ1) is 12.9. The van der Waals surface area contributed by atoms with Crippen LogP contribution in [-0.2, 0) is 0 Å². The summed E-state index contributed by atoms with van der Waals surface area (Å²) in [7, 11) is 0. The molecule has 1 amide bonds. The minimum atomic E-state index is 0.246. The number of piperazine rings is 1. The molecule has 27 heavy (non-hydrogen) atoms. The van der Waals surface area contributed by atoms with Crippen molar-refractivity contribution >= 4 is 5.91 Å². The molecule has 0 spiro atoms. The number of nitrogens with zero attached hydrogens (tertiary/aromatic N) is 2. The van der Waals surface area contributed by atoms with Gasteiger partial charge in [0, 0.05) is 37.3 Å². The van der Waals surface area contributed by atoms with E-state index >= 15 is 0 Å². The van der Waals surface area contributed by atoms with Crippen molar-refractivity contribution in [3.63, 3.8) is 0 Å². The fraction of sp³-hybridized carbons (Fsp3) is 0.708. The number of carbonyl (C=O) groups excluding carboxylic acids is 1. The molecule has 5 fully saturated rings. The Kier molecular flexibility index (Phi) is 4.16. The molecule has 4 saturated carbocycles. The summed E-state index contributed by atoms with van der Waals surface area (Å²) in [6.45, 7) is 10.2. The summed E-state index contributed by atoms with van der Waals surface area (Å²) in [5.41, 5.74) is 4.92. The maximum absolute atomic E-state index is 13.2. The summed E-state index contributed by atoms with van der Waals surface area (Å²) in [6, 6.07) is 4.29. The van der Waals surface area contributed by atoms with E-state index < -0.39 is 0 Å². The topological polar surface area (TPSA) is 23.6 Å². The molecular formula is C24H34N2O. The van der Waals surface area contributed by atoms with Crippen LogP contribution < -0.4 is 0 Å². The average molecular weight is 367 g/mol. The van der Waals surface area contributed by atoms with E-state index in [0.29, 0.717) is 5.54 Å². The van der Waals surface area contributed by atoms with Crippen LogP contribution in [0.4, 0.5) is 0 Å². The van der Waals surface area contributed by atoms with Gasteiger partial charge in [0.15, 0.2) is 0 Å². The summed E-state index contributed by atoms with van der Waals surface area (Å²) >= 11 is 0. The van der Waals surface area contributed by atoms with Crippen molar-refractivity contribution in [1.82, 2.24) is 9.80 Å². The van der Waals surface area contributed by atoms with Gasteiger partial charge in [-0.25, -0.2) is 0 Å². The molecule has 0 aromatic heterocycles. The molecule has 4 aliphatic carbocycles. The maximum atomic E-state index is 13.2. The van der Waals surface area contributed by atoms with Crippen molar-refractivity contribution < 1.29 is 4.79 Å². The van der Waals surface area contributed by atoms with E-state index in [-0.39, 0.29) is 5.91 Å². The predicted molar refractivity (Wildman–Crippen MR) is 109 cm³/mol. The van der Waals surface area contributed by atoms with E-state index in [4.69, 9.17) is 0 Å². The van der Waals surface area contributed by atoms with Gasteiger partial charge in [-0.05, 0) is 88.2 Å². The van der Waals surface area contributed by atoms with Crippen molar-refractivity contribution in [3.8, 4) is 0 Å². The second-order valence-electron chi connectivity index (χ2n) is 10.2. The van der Waals surface area contributed by atoms with E-state index in [2.05, 4.69) is 42.7 Å². The van der Waals surface area contributed by atoms with Crippen LogP contribution in [0.25, 0.3) is 0 Å². The molecule has 3 nitrogen and oxygen atoms in total. The van der Waals surface area contributed by atoms with Crippen LogP contribution >= 0.6 is 0 Å². The molecule has 1 saturated heterocycles. The zero-order valence-electron chi connectivity index (χ0n) is 17.3. The second kappa shape index (κ2) is 6.34. The lowest BCUT2D eigenvalue weighted by atomic mass is 9.52. The number of hydrogen-bond donors (Lipinski definition) is 0. The third-order valence-corrected chi connectivity index (χ3v) is 8.13. The van der Waals surface area contributed by atoms with Gasteiger partial charge in [0.25, 0.3) is 5.91 Å². The maximum Gasteiger partial charge on any atom is 0.254 e. The van der Waals surface area contributed by atoms with Gasteiger partial charge in [-0.15, -0.1) is 0 Å². The highest BCUT2D eigenvalue weighted by Crippen LogP contribution is 2.57. The molecule has 0 atom stereocenters. The first-order valence-electron chi connectivity index (χ1n) is 11.1. The Morgan fingerprint density at radius 3 is 1.81 bits per heavy atom. The van der Waals surface area contributed by atoms with Gasteiger partial charge in [0.05, 0.1) is 0 Å². The Hall–Kier alpha value is -1.35. The van der Waals surface area contributed by atoms with E-state index in [1.807, 2.05) is 0 Å². The van der Waals surface area contributed by atoms with E-state index in [1.165, 1.54) is 44.1 Å². The SMILES string of the molecule is Cc1cc(C)c(C(=O)N2CCN(C34CC5CC(CC(C5)C3)C4)CC2)c(C)c1. The fourth-order valence-corrected chi connectivity index (χ4v) is 7.51. The predicted octanol–water partition coefficient (Wildman–Crippen LogP) is 4.34. The van der Waals surface area contributed by atoms with Crippen LogP contribution in [0.15, 0.2) is 12.1 Å². The van der Waals surface area contributed by atoms with Gasteiger partial charge in [-0.2, -0.15) is 0 Å². The normalized spacial score (nSPS) is 35.7. The summed E-state index contributed by atoms with van der Waals surface area (Å²) < 4.78 is 0. The lowest BCUT2D eigenvalue weighted by Gasteiger charge is -2.61. The fourth-order valence-electron chi connectivity index (χ4n) is 7.51. The minimum Gasteiger partial charge on any atom is -0.336 e. The highest BCUT2D eigenvalue weighted by atomic mass is 16.2. The van der Waals surface area contributed by atoms with Crippen LogP contribution in [0.1, 0.15) is 65.6 Å². The molecule has 3 heteroatoms. The van der Waals surface area contributed by atoms with Gasteiger partial charge in [0.1, 0.15) is 0 Å². The Balaban J connectivity index is 1.29. The van der Waals surface area contributed by atoms with Crippen LogP contribution in [0, 0.1) is 38.5 Å². The van der Waals surface area contributed by atoms with Crippen LogP contribution in [0.3, 0.4) is 0 Å². The highest BCUT2D eigenvalue weighted by molar-refractivity contribution is 5.97. The van der Waals surface area contributed by atoms with Crippen LogP contribution in [0.5, 0.6) is 0 Å². The summed E-state index contributed by atoms with van der Waals surface area (Å²) in [4.78, 5) is 18.1. The lowest BCUT2D eigenvalue weighted by Crippen LogP contribution is -2.64. The largest absolute Gasteiger partial charge is 0.336 e. The molecular weight excluding hydrogens is 332 g/mol. The second-order valence-corrected chi connectivity index (χ2v) is 10.2. The Labute approximate surface area is 164 Å². The molecule has 0 unspecified atom stereocenters. The monoisotopic (exact) mass is 366 g/mol. The third kappa shape index (κ3) is 2.93. The van der Waals surface area contributed by atoms with Crippen molar-refractivity contribution in [2.45, 2.75) is 64.8 Å². The molecule has 1 aliphatic heterocycles. The molecule has 1 heterocycles. The number of carbonyl (C=O) groups is 1. The first kappa shape index (κ1) is 17.7. The van der Waals surface area contributed by atoms with Gasteiger partial charge < -0.3 is 4.90 Å². The number of hydrogen-bond acceptors (Lipinski definition) is 2. The van der Waals surface area contributed by atoms with Gasteiger partial charge in [-0.3, -0.25) is 9.69 Å². The smallest absolute Gasteiger partial charge is 0.254 e. The van der Waals surface area contributed by atoms with Crippen molar-refractivity contribution in [1.29, 1.82) is 0 Å². The lowest BCUT2D eigenvalue weighted by molar-refractivity contribution is -0.0987. The zero-order valence-corrected chi connectivity index (χ0v) is 17.3. The first-order valence-corrected chi connectivity index (χ1v) is 11.1. The van der Waals surface area contributed by atoms with Gasteiger partial charge in [-0.1, -0.05) is 17.7 Å². The highest BCUT2D eigenvalue weighted by Gasteiger charge is 2.53. The molecule has 4 bridgehead atoms. The van der Waals surface area contributed by atoms with Crippen LogP contribution in [0.2, 0.25) is 0 Å². The van der Waals surface area contributed by atoms with E-state index in [9.17, 15) is 4.79 Å². The molecule has 6 rings (SSSR count). The summed E-state index contributed by atoms with van der Waals surface area (Å²) in [6.07, 6.45) is 8.81. The van der Waals surface area contributed by atoms with Gasteiger partial charge in [0.2, 0.25) is 0 Å². The molecule has 146 valence electrons. The summed E-state index contributed by atoms with van der Waals surface area (Å²) in [5.74, 6) is 3.23. The van der Waals surface area contributed by atoms with Crippen LogP contribution in [-0.4, -0.2) is 47.4 Å². The quantitative estimate of drug-likeness (QED) is 0.777. The Morgan fingerprint density at radius 2 is 1.33 bits per heavy atom. The molecule has 5 aliphatic rings. The number of benzene rings is 1. The minimum absolute atomic E-state index is 0.246. The number of rotatable bonds is 2. The number of amides is 1. The molecule has 0 N–H and O–H groups in total.